The van der Waals surface area contributed by atoms with Gasteiger partial charge in [-0.25, -0.2) is 0 Å². The molecule has 0 saturated heterocycles. The lowest BCUT2D eigenvalue weighted by atomic mass is 9.94. The van der Waals surface area contributed by atoms with Gasteiger partial charge in [-0.05, 0) is 48.4 Å². The van der Waals surface area contributed by atoms with Crippen LogP contribution in [0.15, 0.2) is 60.7 Å². The predicted molar refractivity (Wildman–Crippen MR) is 104 cm³/mol. The first-order valence-electron chi connectivity index (χ1n) is 8.54. The minimum absolute atomic E-state index is 0. The lowest BCUT2D eigenvalue weighted by Gasteiger charge is -2.13. The van der Waals surface area contributed by atoms with Gasteiger partial charge in [0.25, 0.3) is 5.69 Å². The number of nitro groups is 1. The molecule has 0 spiro atoms. The molecule has 4 rings (SSSR count). The van der Waals surface area contributed by atoms with Crippen LogP contribution in [0.5, 0.6) is 0 Å². The summed E-state index contributed by atoms with van der Waals surface area (Å²) in [5.41, 5.74) is 5.75. The highest BCUT2D eigenvalue weighted by Gasteiger charge is 2.22. The number of rotatable bonds is 2. The van der Waals surface area contributed by atoms with Crippen molar-refractivity contribution in [3.8, 4) is 11.3 Å². The van der Waals surface area contributed by atoms with E-state index in [1.807, 2.05) is 12.1 Å². The molecule has 0 bridgehead atoms. The molecule has 136 valence electrons. The third kappa shape index (κ3) is 3.06. The van der Waals surface area contributed by atoms with E-state index in [0.29, 0.717) is 0 Å². The molecule has 4 nitrogen and oxygen atoms in total. The highest BCUT2D eigenvalue weighted by atomic mass is 127. The fourth-order valence-electron chi connectivity index (χ4n) is 3.82. The number of nitrogens with zero attached hydrogens (tertiary/aromatic N) is 2. The van der Waals surface area contributed by atoms with Gasteiger partial charge in [-0.3, -0.25) is 10.1 Å². The molecule has 0 saturated carbocycles. The summed E-state index contributed by atoms with van der Waals surface area (Å²) >= 11 is 0. The first-order valence-corrected chi connectivity index (χ1v) is 8.54. The van der Waals surface area contributed by atoms with Gasteiger partial charge in [0.1, 0.15) is 7.05 Å². The average molecular weight is 470 g/mol. The zero-order chi connectivity index (χ0) is 18.4. The Bertz CT molecular complexity index is 1180. The predicted octanol–water partition coefficient (Wildman–Crippen LogP) is 2.01. The summed E-state index contributed by atoms with van der Waals surface area (Å²) in [6, 6.07) is 19.5. The van der Waals surface area contributed by atoms with Gasteiger partial charge in [0.2, 0.25) is 11.2 Å². The summed E-state index contributed by atoms with van der Waals surface area (Å²) < 4.78 is 2.19. The lowest BCUT2D eigenvalue weighted by Crippen LogP contribution is -3.00. The third-order valence-corrected chi connectivity index (χ3v) is 5.25. The molecule has 3 aromatic carbocycles. The average Bonchev–Trinajstić information content (AvgIpc) is 2.66. The first-order chi connectivity index (χ1) is 12.5. The van der Waals surface area contributed by atoms with E-state index in [0.717, 1.165) is 16.8 Å². The molecule has 0 unspecified atom stereocenters. The fourth-order valence-corrected chi connectivity index (χ4v) is 3.82. The second-order valence-electron chi connectivity index (χ2n) is 6.64. The zero-order valence-electron chi connectivity index (χ0n) is 15.4. The van der Waals surface area contributed by atoms with Crippen molar-refractivity contribution in [2.45, 2.75) is 13.8 Å². The van der Waals surface area contributed by atoms with Crippen LogP contribution in [0.3, 0.4) is 0 Å². The van der Waals surface area contributed by atoms with Crippen LogP contribution in [0.2, 0.25) is 0 Å². The van der Waals surface area contributed by atoms with E-state index in [2.05, 4.69) is 61.9 Å². The van der Waals surface area contributed by atoms with E-state index in [1.54, 1.807) is 12.1 Å². The Morgan fingerprint density at radius 1 is 0.889 bits per heavy atom. The quantitative estimate of drug-likeness (QED) is 0.148. The number of fused-ring (bicyclic) bond motifs is 3. The molecular weight excluding hydrogens is 451 g/mol. The highest BCUT2D eigenvalue weighted by Crippen LogP contribution is 2.32. The third-order valence-electron chi connectivity index (χ3n) is 5.25. The summed E-state index contributed by atoms with van der Waals surface area (Å²) in [5, 5.41) is 14.7. The smallest absolute Gasteiger partial charge is 0.269 e. The molecule has 0 N–H and O–H groups in total. The Balaban J connectivity index is 0.00000210. The molecule has 0 aliphatic heterocycles. The van der Waals surface area contributed by atoms with Crippen molar-refractivity contribution in [3.63, 3.8) is 0 Å². The molecule has 1 aromatic heterocycles. The molecule has 0 amide bonds. The Hall–Kier alpha value is -2.54. The topological polar surface area (TPSA) is 47.0 Å². The second kappa shape index (κ2) is 7.23. The highest BCUT2D eigenvalue weighted by molar-refractivity contribution is 6.07. The molecule has 4 aromatic rings. The van der Waals surface area contributed by atoms with Crippen LogP contribution in [0.4, 0.5) is 5.69 Å². The van der Waals surface area contributed by atoms with Gasteiger partial charge in [-0.2, -0.15) is 4.57 Å². The van der Waals surface area contributed by atoms with E-state index >= 15 is 0 Å². The summed E-state index contributed by atoms with van der Waals surface area (Å²) in [5.74, 6) is 0. The maximum absolute atomic E-state index is 10.9. The number of aromatic nitrogens is 1. The van der Waals surface area contributed by atoms with E-state index in [1.165, 1.54) is 27.3 Å². The number of halogens is 1. The number of aryl methyl sites for hydroxylation is 2. The van der Waals surface area contributed by atoms with Gasteiger partial charge in [0.05, 0.1) is 10.3 Å². The number of hydrogen-bond acceptors (Lipinski definition) is 2. The van der Waals surface area contributed by atoms with E-state index < -0.39 is 0 Å². The number of benzene rings is 3. The van der Waals surface area contributed by atoms with Crippen molar-refractivity contribution >= 4 is 27.4 Å². The van der Waals surface area contributed by atoms with Crippen molar-refractivity contribution in [3.05, 3.63) is 81.9 Å². The number of non-ortho nitro benzene ring substituents is 1. The Morgan fingerprint density at radius 2 is 1.56 bits per heavy atom. The van der Waals surface area contributed by atoms with Crippen LogP contribution in [0, 0.1) is 24.0 Å². The summed E-state index contributed by atoms with van der Waals surface area (Å²) in [7, 11) is 2.06. The molecule has 0 atom stereocenters. The Labute approximate surface area is 174 Å². The van der Waals surface area contributed by atoms with Crippen LogP contribution >= 0.6 is 0 Å². The summed E-state index contributed by atoms with van der Waals surface area (Å²) in [4.78, 5) is 10.6. The van der Waals surface area contributed by atoms with Gasteiger partial charge in [-0.15, -0.1) is 0 Å². The molecule has 27 heavy (non-hydrogen) atoms. The molecule has 0 radical (unpaired) electrons. The fraction of sp³-hybridized carbons (Fsp3) is 0.136. The van der Waals surface area contributed by atoms with E-state index in [4.69, 9.17) is 0 Å². The van der Waals surface area contributed by atoms with Crippen molar-refractivity contribution in [1.29, 1.82) is 0 Å². The summed E-state index contributed by atoms with van der Waals surface area (Å²) in [6.45, 7) is 4.27. The molecule has 1 heterocycles. The van der Waals surface area contributed by atoms with Gasteiger partial charge < -0.3 is 24.0 Å². The molecular formula is C22H19IN2O2. The lowest BCUT2D eigenvalue weighted by molar-refractivity contribution is -0.633. The molecule has 0 fully saturated rings. The SMILES string of the molecule is Cc1c(C)c2c3ccccc3ccc2[n+](C)c1-c1ccc([N+](=O)[O-])cc1.[I-]. The van der Waals surface area contributed by atoms with Crippen LogP contribution < -0.4 is 28.5 Å². The monoisotopic (exact) mass is 470 g/mol. The first kappa shape index (κ1) is 19.2. The maximum Gasteiger partial charge on any atom is 0.269 e. The van der Waals surface area contributed by atoms with Crippen molar-refractivity contribution in [2.75, 3.05) is 0 Å². The summed E-state index contributed by atoms with van der Waals surface area (Å²) in [6.07, 6.45) is 0. The second-order valence-corrected chi connectivity index (χ2v) is 6.64. The van der Waals surface area contributed by atoms with Crippen LogP contribution in [-0.2, 0) is 7.05 Å². The van der Waals surface area contributed by atoms with E-state index in [9.17, 15) is 10.1 Å². The maximum atomic E-state index is 10.9. The van der Waals surface area contributed by atoms with E-state index in [-0.39, 0.29) is 34.6 Å². The number of pyridine rings is 1. The minimum Gasteiger partial charge on any atom is -1.00 e. The molecule has 0 aliphatic rings. The Kier molecular flexibility index (Phi) is 5.15. The molecule has 0 aliphatic carbocycles. The van der Waals surface area contributed by atoms with Gasteiger partial charge >= 0.3 is 0 Å². The minimum atomic E-state index is -0.367. The van der Waals surface area contributed by atoms with Gasteiger partial charge in [0, 0.05) is 29.3 Å². The van der Waals surface area contributed by atoms with Crippen LogP contribution in [-0.4, -0.2) is 4.92 Å². The Morgan fingerprint density at radius 3 is 2.22 bits per heavy atom. The van der Waals surface area contributed by atoms with Crippen molar-refractivity contribution in [2.24, 2.45) is 7.05 Å². The zero-order valence-corrected chi connectivity index (χ0v) is 17.5. The molecule has 5 heteroatoms. The largest absolute Gasteiger partial charge is 1.00 e. The van der Waals surface area contributed by atoms with Crippen molar-refractivity contribution < 1.29 is 33.5 Å². The van der Waals surface area contributed by atoms with Crippen LogP contribution in [0.1, 0.15) is 11.1 Å². The van der Waals surface area contributed by atoms with Crippen molar-refractivity contribution in [1.82, 2.24) is 0 Å². The van der Waals surface area contributed by atoms with Gasteiger partial charge in [0.15, 0.2) is 0 Å². The van der Waals surface area contributed by atoms with Gasteiger partial charge in [-0.1, -0.05) is 24.3 Å². The normalized spacial score (nSPS) is 10.8. The number of nitro benzene ring substituents is 1. The standard InChI is InChI=1S/C22H19N2O2.HI/c1-14-15(2)22(17-8-11-18(12-9-17)24(25)26)23(3)20-13-10-16-6-4-5-7-19(16)21(14)20;/h4-13H,1-3H3;1H/q+1;/p-1. The van der Waals surface area contributed by atoms with Crippen LogP contribution in [0.25, 0.3) is 32.9 Å². The number of hydrogen-bond donors (Lipinski definition) is 0.